The molecule has 0 aliphatic carbocycles. The van der Waals surface area contributed by atoms with Crippen LogP contribution in [0.4, 0.5) is 0 Å². The lowest BCUT2D eigenvalue weighted by Gasteiger charge is -2.17. The molecule has 1 heterocycles. The maximum absolute atomic E-state index is 12.7. The number of para-hydroxylation sites is 1. The molecule has 1 aromatic heterocycles. The minimum Gasteiger partial charge on any atom is -0.351 e. The van der Waals surface area contributed by atoms with Crippen molar-refractivity contribution in [3.05, 3.63) is 77.3 Å². The third-order valence-electron chi connectivity index (χ3n) is 4.29. The number of halogens is 1. The normalized spacial score (nSPS) is 12.0. The summed E-state index contributed by atoms with van der Waals surface area (Å²) in [6, 6.07) is 15.6. The van der Waals surface area contributed by atoms with Gasteiger partial charge in [0.2, 0.25) is 5.91 Å². The predicted molar refractivity (Wildman–Crippen MR) is 112 cm³/mol. The molecule has 0 fully saturated rings. The molecule has 0 spiro atoms. The molecule has 0 aliphatic rings. The molecule has 4 nitrogen and oxygen atoms in total. The first-order valence-corrected chi connectivity index (χ1v) is 10.1. The Morgan fingerprint density at radius 2 is 1.96 bits per heavy atom. The highest BCUT2D eigenvalue weighted by molar-refractivity contribution is 8.00. The number of rotatable bonds is 7. The topological polar surface area (TPSA) is 46.9 Å². The van der Waals surface area contributed by atoms with Gasteiger partial charge in [-0.2, -0.15) is 0 Å². The van der Waals surface area contributed by atoms with Crippen LogP contribution in [0.25, 0.3) is 5.69 Å². The Balaban J connectivity index is 1.68. The van der Waals surface area contributed by atoms with Gasteiger partial charge in [-0.15, -0.1) is 11.8 Å². The van der Waals surface area contributed by atoms with Crippen LogP contribution in [0.5, 0.6) is 0 Å². The summed E-state index contributed by atoms with van der Waals surface area (Å²) in [7, 11) is 0. The van der Waals surface area contributed by atoms with Gasteiger partial charge in [0.1, 0.15) is 5.82 Å². The van der Waals surface area contributed by atoms with E-state index in [2.05, 4.69) is 10.3 Å². The molecule has 140 valence electrons. The average molecular weight is 400 g/mol. The number of hydrogen-bond acceptors (Lipinski definition) is 3. The van der Waals surface area contributed by atoms with Crippen LogP contribution in [0.15, 0.2) is 65.8 Å². The quantitative estimate of drug-likeness (QED) is 0.567. The summed E-state index contributed by atoms with van der Waals surface area (Å²) in [6.07, 6.45) is 4.46. The van der Waals surface area contributed by atoms with Gasteiger partial charge in [-0.05, 0) is 49.2 Å². The fraction of sp³-hybridized carbons (Fsp3) is 0.238. The molecule has 27 heavy (non-hydrogen) atoms. The maximum Gasteiger partial charge on any atom is 0.233 e. The molecule has 0 aliphatic heterocycles. The molecule has 3 rings (SSSR count). The fourth-order valence-electron chi connectivity index (χ4n) is 2.82. The van der Waals surface area contributed by atoms with Gasteiger partial charge in [0.15, 0.2) is 0 Å². The zero-order chi connectivity index (χ0) is 19.2. The number of nitrogens with one attached hydrogen (secondary N) is 1. The van der Waals surface area contributed by atoms with Crippen molar-refractivity contribution in [3.63, 3.8) is 0 Å². The highest BCUT2D eigenvalue weighted by Gasteiger charge is 2.18. The lowest BCUT2D eigenvalue weighted by Crippen LogP contribution is -2.32. The van der Waals surface area contributed by atoms with Crippen LogP contribution in [0, 0.1) is 6.92 Å². The molecule has 0 radical (unpaired) electrons. The highest BCUT2D eigenvalue weighted by Crippen LogP contribution is 2.27. The second-order valence-corrected chi connectivity index (χ2v) is 7.87. The van der Waals surface area contributed by atoms with Crippen molar-refractivity contribution in [1.82, 2.24) is 14.9 Å². The molecule has 3 aromatic rings. The van der Waals surface area contributed by atoms with E-state index < -0.39 is 0 Å². The first-order chi connectivity index (χ1) is 13.1. The van der Waals surface area contributed by atoms with Crippen molar-refractivity contribution >= 4 is 29.3 Å². The molecule has 2 aromatic carbocycles. The summed E-state index contributed by atoms with van der Waals surface area (Å²) in [4.78, 5) is 18.0. The van der Waals surface area contributed by atoms with Gasteiger partial charge in [-0.1, -0.05) is 36.7 Å². The summed E-state index contributed by atoms with van der Waals surface area (Å²) in [6.45, 7) is 4.46. The van der Waals surface area contributed by atoms with Crippen molar-refractivity contribution < 1.29 is 4.79 Å². The molecule has 0 bridgehead atoms. The zero-order valence-electron chi connectivity index (χ0n) is 15.4. The van der Waals surface area contributed by atoms with Crippen LogP contribution >= 0.6 is 23.4 Å². The van der Waals surface area contributed by atoms with Gasteiger partial charge in [0.05, 0.1) is 10.9 Å². The molecule has 6 heteroatoms. The fourth-order valence-corrected chi connectivity index (χ4v) is 3.93. The van der Waals surface area contributed by atoms with E-state index in [-0.39, 0.29) is 11.2 Å². The van der Waals surface area contributed by atoms with Crippen LogP contribution in [0.3, 0.4) is 0 Å². The van der Waals surface area contributed by atoms with Gasteiger partial charge in [-0.3, -0.25) is 4.79 Å². The van der Waals surface area contributed by atoms with Crippen molar-refractivity contribution in [3.8, 4) is 5.69 Å². The summed E-state index contributed by atoms with van der Waals surface area (Å²) in [5.41, 5.74) is 2.09. The van der Waals surface area contributed by atoms with Crippen LogP contribution in [-0.4, -0.2) is 20.7 Å². The summed E-state index contributed by atoms with van der Waals surface area (Å²) in [5, 5.41) is 3.64. The summed E-state index contributed by atoms with van der Waals surface area (Å²) < 4.78 is 2.03. The molecule has 0 unspecified atom stereocenters. The Labute approximate surface area is 169 Å². The zero-order valence-corrected chi connectivity index (χ0v) is 16.9. The van der Waals surface area contributed by atoms with Crippen LogP contribution in [0.2, 0.25) is 5.02 Å². The van der Waals surface area contributed by atoms with E-state index in [9.17, 15) is 4.79 Å². The first kappa shape index (κ1) is 19.5. The smallest absolute Gasteiger partial charge is 0.233 e. The monoisotopic (exact) mass is 399 g/mol. The largest absolute Gasteiger partial charge is 0.351 e. The number of carbonyl (C=O) groups excluding carboxylic acids is 1. The van der Waals surface area contributed by atoms with E-state index >= 15 is 0 Å². The van der Waals surface area contributed by atoms with Gasteiger partial charge in [-0.25, -0.2) is 4.98 Å². The SMILES string of the molecule is CC[C@H](Sc1ccc(Cl)cc1)C(=O)NCc1ccccc1-n1ccnc1C. The Morgan fingerprint density at radius 1 is 1.22 bits per heavy atom. The molecule has 1 N–H and O–H groups in total. The van der Waals surface area contributed by atoms with Crippen molar-refractivity contribution in [2.24, 2.45) is 0 Å². The number of aryl methyl sites for hydroxylation is 1. The molecule has 0 saturated carbocycles. The number of hydrogen-bond donors (Lipinski definition) is 1. The lowest BCUT2D eigenvalue weighted by atomic mass is 10.1. The Hall–Kier alpha value is -2.24. The highest BCUT2D eigenvalue weighted by atomic mass is 35.5. The predicted octanol–water partition coefficient (Wildman–Crippen LogP) is 5.02. The minimum absolute atomic E-state index is 0.0367. The van der Waals surface area contributed by atoms with Gasteiger partial charge >= 0.3 is 0 Å². The van der Waals surface area contributed by atoms with Crippen molar-refractivity contribution in [2.45, 2.75) is 37.0 Å². The minimum atomic E-state index is -0.145. The van der Waals surface area contributed by atoms with Gasteiger partial charge < -0.3 is 9.88 Å². The summed E-state index contributed by atoms with van der Waals surface area (Å²) >= 11 is 7.49. The molecule has 0 saturated heterocycles. The number of amides is 1. The van der Waals surface area contributed by atoms with Crippen LogP contribution < -0.4 is 5.32 Å². The number of aromatic nitrogens is 2. The van der Waals surface area contributed by atoms with E-state index in [0.717, 1.165) is 28.4 Å². The first-order valence-electron chi connectivity index (χ1n) is 8.86. The van der Waals surface area contributed by atoms with Crippen molar-refractivity contribution in [1.29, 1.82) is 0 Å². The third kappa shape index (κ3) is 4.93. The second kappa shape index (κ2) is 9.11. The van der Waals surface area contributed by atoms with Crippen molar-refractivity contribution in [2.75, 3.05) is 0 Å². The van der Waals surface area contributed by atoms with E-state index in [1.54, 1.807) is 18.0 Å². The van der Waals surface area contributed by atoms with E-state index in [4.69, 9.17) is 11.6 Å². The number of thioether (sulfide) groups is 1. The number of benzene rings is 2. The van der Waals surface area contributed by atoms with E-state index in [1.807, 2.05) is 73.1 Å². The van der Waals surface area contributed by atoms with Crippen LogP contribution in [-0.2, 0) is 11.3 Å². The number of carbonyl (C=O) groups is 1. The maximum atomic E-state index is 12.7. The molecular formula is C21H22ClN3OS. The van der Waals surface area contributed by atoms with E-state index in [1.165, 1.54) is 0 Å². The Kier molecular flexibility index (Phi) is 6.58. The van der Waals surface area contributed by atoms with Gasteiger partial charge in [0, 0.05) is 28.9 Å². The standard InChI is InChI=1S/C21H22ClN3OS/c1-3-20(27-18-10-8-17(22)9-11-18)21(26)24-14-16-6-4-5-7-19(16)25-13-12-23-15(25)2/h4-13,20H,3,14H2,1-2H3,(H,24,26)/t20-/m0/s1. The third-order valence-corrected chi connectivity index (χ3v) is 5.91. The Bertz CT molecular complexity index is 908. The number of nitrogens with zero attached hydrogens (tertiary/aromatic N) is 2. The van der Waals surface area contributed by atoms with Gasteiger partial charge in [0.25, 0.3) is 0 Å². The molecule has 1 amide bonds. The molecule has 1 atom stereocenters. The Morgan fingerprint density at radius 3 is 2.63 bits per heavy atom. The van der Waals surface area contributed by atoms with E-state index in [0.29, 0.717) is 11.6 Å². The molecular weight excluding hydrogens is 378 g/mol. The average Bonchev–Trinajstić information content (AvgIpc) is 3.11. The van der Waals surface area contributed by atoms with Crippen LogP contribution in [0.1, 0.15) is 24.7 Å². The number of imidazole rings is 1. The summed E-state index contributed by atoms with van der Waals surface area (Å²) in [5.74, 6) is 0.952. The second-order valence-electron chi connectivity index (χ2n) is 6.16. The lowest BCUT2D eigenvalue weighted by molar-refractivity contribution is -0.120.